The first-order valence-corrected chi connectivity index (χ1v) is 6.92. The summed E-state index contributed by atoms with van der Waals surface area (Å²) in [7, 11) is 0. The van der Waals surface area contributed by atoms with Gasteiger partial charge in [-0.05, 0) is 43.2 Å². The lowest BCUT2D eigenvalue weighted by molar-refractivity contribution is 0.0359. The van der Waals surface area contributed by atoms with Crippen LogP contribution < -0.4 is 0 Å². The number of para-hydroxylation sites is 1. The summed E-state index contributed by atoms with van der Waals surface area (Å²) < 4.78 is 19.1. The Morgan fingerprint density at radius 2 is 1.90 bits per heavy atom. The molecule has 0 aliphatic carbocycles. The van der Waals surface area contributed by atoms with Crippen LogP contribution in [0.4, 0.5) is 4.39 Å². The summed E-state index contributed by atoms with van der Waals surface area (Å²) >= 11 is 0. The molecule has 21 heavy (non-hydrogen) atoms. The first-order chi connectivity index (χ1) is 9.95. The fourth-order valence-electron chi connectivity index (χ4n) is 2.61. The highest BCUT2D eigenvalue weighted by Crippen LogP contribution is 2.32. The fraction of sp³-hybridized carbons (Fsp3) is 0.222. The summed E-state index contributed by atoms with van der Waals surface area (Å²) in [6.07, 6.45) is 0.295. The molecule has 0 bridgehead atoms. The fourth-order valence-corrected chi connectivity index (χ4v) is 2.61. The molecule has 0 fully saturated rings. The number of rotatable bonds is 3. The maximum atomic E-state index is 13.3. The first kappa shape index (κ1) is 13.8. The van der Waals surface area contributed by atoms with Crippen LogP contribution in [0, 0.1) is 12.7 Å². The highest BCUT2D eigenvalue weighted by atomic mass is 19.1. The third kappa shape index (κ3) is 2.69. The van der Waals surface area contributed by atoms with E-state index in [9.17, 15) is 9.50 Å². The Bertz CT molecular complexity index is 787. The number of aliphatic hydroxyl groups is 1. The second kappa shape index (κ2) is 5.01. The van der Waals surface area contributed by atoms with Crippen molar-refractivity contribution in [3.63, 3.8) is 0 Å². The smallest absolute Gasteiger partial charge is 0.137 e. The number of halogens is 1. The highest BCUT2D eigenvalue weighted by molar-refractivity contribution is 5.81. The van der Waals surface area contributed by atoms with Gasteiger partial charge in [-0.1, -0.05) is 30.3 Å². The van der Waals surface area contributed by atoms with E-state index < -0.39 is 5.60 Å². The Balaban J connectivity index is 1.97. The Labute approximate surface area is 122 Å². The molecular formula is C18H17FO2. The van der Waals surface area contributed by atoms with Crippen molar-refractivity contribution in [1.82, 2.24) is 0 Å². The second-order valence-electron chi connectivity index (χ2n) is 5.68. The number of furan rings is 1. The van der Waals surface area contributed by atoms with Crippen LogP contribution in [0.15, 0.2) is 52.9 Å². The summed E-state index contributed by atoms with van der Waals surface area (Å²) in [4.78, 5) is 0. The number of hydrogen-bond acceptors (Lipinski definition) is 2. The Morgan fingerprint density at radius 3 is 2.62 bits per heavy atom. The van der Waals surface area contributed by atoms with Crippen molar-refractivity contribution in [2.75, 3.05) is 0 Å². The Morgan fingerprint density at radius 1 is 1.14 bits per heavy atom. The van der Waals surface area contributed by atoms with Crippen LogP contribution in [0.25, 0.3) is 11.0 Å². The zero-order valence-electron chi connectivity index (χ0n) is 12.1. The van der Waals surface area contributed by atoms with Gasteiger partial charge in [0, 0.05) is 11.8 Å². The van der Waals surface area contributed by atoms with Crippen LogP contribution in [-0.2, 0) is 12.0 Å². The molecule has 0 aliphatic rings. The van der Waals surface area contributed by atoms with Crippen LogP contribution in [0.2, 0.25) is 0 Å². The molecule has 0 radical (unpaired) electrons. The van der Waals surface area contributed by atoms with Gasteiger partial charge < -0.3 is 9.52 Å². The minimum Gasteiger partial charge on any atom is -0.458 e. The van der Waals surface area contributed by atoms with Crippen LogP contribution >= 0.6 is 0 Å². The standard InChI is InChI=1S/C18H17FO2/c1-12-5-3-7-14-10-16(21-17(12)14)18(2,20)11-13-6-4-8-15(19)9-13/h3-10,20H,11H2,1-2H3. The topological polar surface area (TPSA) is 33.4 Å². The van der Waals surface area contributed by atoms with E-state index in [2.05, 4.69) is 0 Å². The number of benzene rings is 2. The molecule has 0 amide bonds. The Kier molecular flexibility index (Phi) is 3.30. The quantitative estimate of drug-likeness (QED) is 0.776. The Hall–Kier alpha value is -2.13. The van der Waals surface area contributed by atoms with Gasteiger partial charge in [0.1, 0.15) is 22.8 Å². The molecule has 2 aromatic carbocycles. The lowest BCUT2D eigenvalue weighted by Gasteiger charge is -2.20. The molecule has 1 unspecified atom stereocenters. The van der Waals surface area contributed by atoms with Crippen molar-refractivity contribution in [3.8, 4) is 0 Å². The van der Waals surface area contributed by atoms with Gasteiger partial charge in [0.25, 0.3) is 0 Å². The van der Waals surface area contributed by atoms with E-state index in [4.69, 9.17) is 4.42 Å². The van der Waals surface area contributed by atoms with Gasteiger partial charge in [0.15, 0.2) is 0 Å². The van der Waals surface area contributed by atoms with E-state index in [0.29, 0.717) is 12.2 Å². The van der Waals surface area contributed by atoms with Crippen molar-refractivity contribution >= 4 is 11.0 Å². The monoisotopic (exact) mass is 284 g/mol. The molecule has 3 aromatic rings. The molecule has 1 N–H and O–H groups in total. The van der Waals surface area contributed by atoms with E-state index in [1.807, 2.05) is 31.2 Å². The van der Waals surface area contributed by atoms with Crippen molar-refractivity contribution in [2.45, 2.75) is 25.9 Å². The number of fused-ring (bicyclic) bond motifs is 1. The van der Waals surface area contributed by atoms with Gasteiger partial charge >= 0.3 is 0 Å². The SMILES string of the molecule is Cc1cccc2cc(C(C)(O)Cc3cccc(F)c3)oc12. The van der Waals surface area contributed by atoms with Gasteiger partial charge in [0.05, 0.1) is 0 Å². The van der Waals surface area contributed by atoms with Crippen LogP contribution in [0.5, 0.6) is 0 Å². The third-order valence-electron chi connectivity index (χ3n) is 3.71. The predicted molar refractivity (Wildman–Crippen MR) is 80.6 cm³/mol. The maximum absolute atomic E-state index is 13.3. The van der Waals surface area contributed by atoms with E-state index in [0.717, 1.165) is 22.1 Å². The van der Waals surface area contributed by atoms with Crippen LogP contribution in [0.1, 0.15) is 23.8 Å². The summed E-state index contributed by atoms with van der Waals surface area (Å²) in [5.41, 5.74) is 1.36. The summed E-state index contributed by atoms with van der Waals surface area (Å²) in [6.45, 7) is 3.65. The van der Waals surface area contributed by atoms with E-state index >= 15 is 0 Å². The first-order valence-electron chi connectivity index (χ1n) is 6.92. The van der Waals surface area contributed by atoms with Crippen LogP contribution in [-0.4, -0.2) is 5.11 Å². The summed E-state index contributed by atoms with van der Waals surface area (Å²) in [5, 5.41) is 11.7. The van der Waals surface area contributed by atoms with E-state index in [1.54, 1.807) is 19.1 Å². The molecule has 3 rings (SSSR count). The van der Waals surface area contributed by atoms with Crippen LogP contribution in [0.3, 0.4) is 0 Å². The lowest BCUT2D eigenvalue weighted by atomic mass is 9.94. The third-order valence-corrected chi connectivity index (χ3v) is 3.71. The molecule has 0 saturated carbocycles. The largest absolute Gasteiger partial charge is 0.458 e. The molecule has 0 spiro atoms. The van der Waals surface area contributed by atoms with Crippen molar-refractivity contribution in [2.24, 2.45) is 0 Å². The van der Waals surface area contributed by atoms with Gasteiger partial charge in [-0.25, -0.2) is 4.39 Å². The number of aryl methyl sites for hydroxylation is 1. The predicted octanol–water partition coefficient (Wildman–Crippen LogP) is 4.33. The van der Waals surface area contributed by atoms with E-state index in [-0.39, 0.29) is 5.82 Å². The second-order valence-corrected chi connectivity index (χ2v) is 5.68. The molecule has 2 nitrogen and oxygen atoms in total. The molecular weight excluding hydrogens is 267 g/mol. The minimum absolute atomic E-state index is 0.295. The zero-order chi connectivity index (χ0) is 15.0. The highest BCUT2D eigenvalue weighted by Gasteiger charge is 2.28. The molecule has 0 aliphatic heterocycles. The van der Waals surface area contributed by atoms with Crippen molar-refractivity contribution in [3.05, 3.63) is 71.2 Å². The van der Waals surface area contributed by atoms with Gasteiger partial charge in [0.2, 0.25) is 0 Å². The van der Waals surface area contributed by atoms with Crippen molar-refractivity contribution < 1.29 is 13.9 Å². The number of hydrogen-bond donors (Lipinski definition) is 1. The molecule has 108 valence electrons. The molecule has 1 aromatic heterocycles. The molecule has 0 saturated heterocycles. The maximum Gasteiger partial charge on any atom is 0.137 e. The normalized spacial score (nSPS) is 14.3. The average Bonchev–Trinajstić information content (AvgIpc) is 2.84. The van der Waals surface area contributed by atoms with Gasteiger partial charge in [-0.15, -0.1) is 0 Å². The molecule has 1 heterocycles. The minimum atomic E-state index is -1.18. The lowest BCUT2D eigenvalue weighted by Crippen LogP contribution is -2.23. The average molecular weight is 284 g/mol. The van der Waals surface area contributed by atoms with Gasteiger partial charge in [-0.2, -0.15) is 0 Å². The molecule has 3 heteroatoms. The van der Waals surface area contributed by atoms with Crippen molar-refractivity contribution in [1.29, 1.82) is 0 Å². The van der Waals surface area contributed by atoms with E-state index in [1.165, 1.54) is 12.1 Å². The zero-order valence-corrected chi connectivity index (χ0v) is 12.1. The summed E-state index contributed by atoms with van der Waals surface area (Å²) in [6, 6.07) is 14.0. The molecule has 1 atom stereocenters. The van der Waals surface area contributed by atoms with Gasteiger partial charge in [-0.3, -0.25) is 0 Å². The summed E-state index contributed by atoms with van der Waals surface area (Å²) in [5.74, 6) is 0.194.